The van der Waals surface area contributed by atoms with Crippen molar-refractivity contribution in [2.75, 3.05) is 5.32 Å². The smallest absolute Gasteiger partial charge is 0.306 e. The fourth-order valence-electron chi connectivity index (χ4n) is 3.37. The van der Waals surface area contributed by atoms with Gasteiger partial charge < -0.3 is 31.2 Å². The Bertz CT molecular complexity index is 1150. The SMILES string of the molecule is C[C@@H](NC(=O)C1(C)Oc2ccccc2NC1=O)C(=O)N[C@H](CCC(=O)OCc1ccccc1)C(N)=O. The van der Waals surface area contributed by atoms with Gasteiger partial charge in [-0.2, -0.15) is 0 Å². The number of para-hydroxylation sites is 2. The summed E-state index contributed by atoms with van der Waals surface area (Å²) in [6, 6.07) is 13.4. The number of carbonyl (C=O) groups excluding carboxylic acids is 5. The summed E-state index contributed by atoms with van der Waals surface area (Å²) in [6.45, 7) is 2.73. The molecule has 1 aliphatic rings. The molecule has 5 N–H and O–H groups in total. The second-order valence-corrected chi connectivity index (χ2v) is 8.43. The Morgan fingerprint density at radius 3 is 2.42 bits per heavy atom. The molecule has 1 unspecified atom stereocenters. The number of benzene rings is 2. The highest BCUT2D eigenvalue weighted by atomic mass is 16.5. The maximum atomic E-state index is 12.8. The Balaban J connectivity index is 1.52. The van der Waals surface area contributed by atoms with Gasteiger partial charge in [0.1, 0.15) is 24.4 Å². The number of esters is 1. The summed E-state index contributed by atoms with van der Waals surface area (Å²) in [5.74, 6) is -3.39. The molecular formula is C25H28N4O7. The van der Waals surface area contributed by atoms with Gasteiger partial charge in [-0.25, -0.2) is 0 Å². The van der Waals surface area contributed by atoms with Crippen LogP contribution >= 0.6 is 0 Å². The number of anilines is 1. The second kappa shape index (κ2) is 11.3. The number of rotatable bonds is 10. The van der Waals surface area contributed by atoms with Crippen molar-refractivity contribution in [1.29, 1.82) is 0 Å². The molecule has 190 valence electrons. The monoisotopic (exact) mass is 496 g/mol. The fourth-order valence-corrected chi connectivity index (χ4v) is 3.37. The van der Waals surface area contributed by atoms with Crippen molar-refractivity contribution < 1.29 is 33.4 Å². The highest BCUT2D eigenvalue weighted by Crippen LogP contribution is 2.33. The van der Waals surface area contributed by atoms with Crippen molar-refractivity contribution in [3.63, 3.8) is 0 Å². The number of hydrogen-bond donors (Lipinski definition) is 4. The van der Waals surface area contributed by atoms with Gasteiger partial charge in [0.2, 0.25) is 11.8 Å². The Hall–Kier alpha value is -4.41. The van der Waals surface area contributed by atoms with E-state index in [1.807, 2.05) is 18.2 Å². The van der Waals surface area contributed by atoms with Crippen LogP contribution in [0, 0.1) is 0 Å². The molecule has 0 saturated heterocycles. The molecule has 0 aromatic heterocycles. The molecule has 1 heterocycles. The third-order valence-electron chi connectivity index (χ3n) is 5.60. The van der Waals surface area contributed by atoms with Crippen LogP contribution in [0.2, 0.25) is 0 Å². The number of amides is 4. The molecule has 0 saturated carbocycles. The molecule has 0 radical (unpaired) electrons. The molecule has 1 aliphatic heterocycles. The highest BCUT2D eigenvalue weighted by molar-refractivity contribution is 6.16. The van der Waals surface area contributed by atoms with E-state index in [0.29, 0.717) is 11.4 Å². The van der Waals surface area contributed by atoms with Crippen molar-refractivity contribution >= 4 is 35.3 Å². The van der Waals surface area contributed by atoms with E-state index in [2.05, 4.69) is 16.0 Å². The first kappa shape index (κ1) is 26.2. The van der Waals surface area contributed by atoms with Crippen LogP contribution in [0.1, 0.15) is 32.3 Å². The van der Waals surface area contributed by atoms with Gasteiger partial charge in [-0.15, -0.1) is 0 Å². The van der Waals surface area contributed by atoms with Gasteiger partial charge in [0, 0.05) is 6.42 Å². The minimum Gasteiger partial charge on any atom is -0.466 e. The highest BCUT2D eigenvalue weighted by Gasteiger charge is 2.47. The van der Waals surface area contributed by atoms with Gasteiger partial charge in [-0.3, -0.25) is 24.0 Å². The van der Waals surface area contributed by atoms with Crippen LogP contribution in [-0.4, -0.2) is 47.3 Å². The molecule has 0 spiro atoms. The lowest BCUT2D eigenvalue weighted by molar-refractivity contribution is -0.148. The summed E-state index contributed by atoms with van der Waals surface area (Å²) < 4.78 is 10.8. The van der Waals surface area contributed by atoms with Crippen molar-refractivity contribution in [1.82, 2.24) is 10.6 Å². The lowest BCUT2D eigenvalue weighted by Crippen LogP contribution is -2.62. The van der Waals surface area contributed by atoms with Crippen LogP contribution in [0.4, 0.5) is 5.69 Å². The molecule has 4 amide bonds. The molecule has 0 fully saturated rings. The second-order valence-electron chi connectivity index (χ2n) is 8.43. The topological polar surface area (TPSA) is 166 Å². The zero-order chi connectivity index (χ0) is 26.3. The number of carbonyl (C=O) groups is 5. The van der Waals surface area contributed by atoms with Crippen LogP contribution in [0.5, 0.6) is 5.75 Å². The van der Waals surface area contributed by atoms with Crippen molar-refractivity contribution in [3.8, 4) is 5.75 Å². The summed E-state index contributed by atoms with van der Waals surface area (Å²) >= 11 is 0. The van der Waals surface area contributed by atoms with Crippen LogP contribution in [0.15, 0.2) is 54.6 Å². The first-order valence-corrected chi connectivity index (χ1v) is 11.3. The summed E-state index contributed by atoms with van der Waals surface area (Å²) in [5, 5.41) is 7.43. The van der Waals surface area contributed by atoms with Gasteiger partial charge in [-0.1, -0.05) is 42.5 Å². The lowest BCUT2D eigenvalue weighted by Gasteiger charge is -2.34. The lowest BCUT2D eigenvalue weighted by atomic mass is 10.0. The third kappa shape index (κ3) is 6.38. The van der Waals surface area contributed by atoms with E-state index in [0.717, 1.165) is 5.56 Å². The van der Waals surface area contributed by atoms with Gasteiger partial charge in [0.15, 0.2) is 0 Å². The molecule has 11 nitrogen and oxygen atoms in total. The molecule has 0 bridgehead atoms. The number of primary amides is 1. The first-order valence-electron chi connectivity index (χ1n) is 11.3. The normalized spacial score (nSPS) is 17.9. The molecule has 36 heavy (non-hydrogen) atoms. The van der Waals surface area contributed by atoms with Gasteiger partial charge in [-0.05, 0) is 38.0 Å². The Labute approximate surface area is 207 Å². The van der Waals surface area contributed by atoms with Crippen molar-refractivity contribution in [2.45, 2.75) is 51.0 Å². The molecule has 2 aromatic rings. The van der Waals surface area contributed by atoms with E-state index in [4.69, 9.17) is 15.2 Å². The minimum absolute atomic E-state index is 0.0786. The zero-order valence-corrected chi connectivity index (χ0v) is 19.9. The van der Waals surface area contributed by atoms with Crippen molar-refractivity contribution in [3.05, 3.63) is 60.2 Å². The minimum atomic E-state index is -1.92. The van der Waals surface area contributed by atoms with E-state index in [9.17, 15) is 24.0 Å². The maximum Gasteiger partial charge on any atom is 0.306 e. The Morgan fingerprint density at radius 2 is 1.72 bits per heavy atom. The molecule has 2 aromatic carbocycles. The number of nitrogens with one attached hydrogen (secondary N) is 3. The van der Waals surface area contributed by atoms with E-state index < -0.39 is 47.3 Å². The number of nitrogens with two attached hydrogens (primary N) is 1. The average Bonchev–Trinajstić information content (AvgIpc) is 2.86. The molecular weight excluding hydrogens is 468 g/mol. The van der Waals surface area contributed by atoms with Crippen LogP contribution in [0.25, 0.3) is 0 Å². The standard InChI is InChI=1S/C25H28N4O7/c1-15(27-23(33)25(2)24(34)29-17-10-6-7-11-19(17)36-25)22(32)28-18(21(26)31)12-13-20(30)35-14-16-8-4-3-5-9-16/h3-11,15,18H,12-14H2,1-2H3,(H2,26,31)(H,27,33)(H,28,32)(H,29,34)/t15-,18-,25?/m1/s1. The molecule has 3 atom stereocenters. The van der Waals surface area contributed by atoms with E-state index in [-0.39, 0.29) is 19.4 Å². The van der Waals surface area contributed by atoms with Gasteiger partial charge >= 0.3 is 5.97 Å². The third-order valence-corrected chi connectivity index (χ3v) is 5.60. The van der Waals surface area contributed by atoms with E-state index in [1.54, 1.807) is 36.4 Å². The zero-order valence-electron chi connectivity index (χ0n) is 19.9. The van der Waals surface area contributed by atoms with Crippen LogP contribution in [-0.2, 0) is 35.3 Å². The predicted molar refractivity (Wildman–Crippen MR) is 128 cm³/mol. The number of fused-ring (bicyclic) bond motifs is 1. The summed E-state index contributed by atoms with van der Waals surface area (Å²) in [5.41, 5.74) is 4.68. The first-order chi connectivity index (χ1) is 17.1. The Morgan fingerprint density at radius 1 is 1.06 bits per heavy atom. The Kier molecular flexibility index (Phi) is 8.26. The summed E-state index contributed by atoms with van der Waals surface area (Å²) in [7, 11) is 0. The average molecular weight is 497 g/mol. The maximum absolute atomic E-state index is 12.8. The van der Waals surface area contributed by atoms with Crippen molar-refractivity contribution in [2.24, 2.45) is 5.73 Å². The van der Waals surface area contributed by atoms with E-state index in [1.165, 1.54) is 13.8 Å². The largest absolute Gasteiger partial charge is 0.466 e. The van der Waals surface area contributed by atoms with E-state index >= 15 is 0 Å². The molecule has 3 rings (SSSR count). The predicted octanol–water partition coefficient (Wildman–Crippen LogP) is 0.775. The number of hydrogen-bond acceptors (Lipinski definition) is 7. The number of ether oxygens (including phenoxy) is 2. The van der Waals surface area contributed by atoms with Crippen LogP contribution in [0.3, 0.4) is 0 Å². The quantitative estimate of drug-likeness (QED) is 0.278. The molecule has 11 heteroatoms. The van der Waals surface area contributed by atoms with Gasteiger partial charge in [0.25, 0.3) is 17.4 Å². The fraction of sp³-hybridized carbons (Fsp3) is 0.320. The van der Waals surface area contributed by atoms with Crippen LogP contribution < -0.4 is 26.4 Å². The summed E-state index contributed by atoms with van der Waals surface area (Å²) in [6.07, 6.45) is -0.248. The summed E-state index contributed by atoms with van der Waals surface area (Å²) in [4.78, 5) is 61.9. The van der Waals surface area contributed by atoms with Gasteiger partial charge in [0.05, 0.1) is 5.69 Å². The molecule has 0 aliphatic carbocycles.